The van der Waals surface area contributed by atoms with E-state index < -0.39 is 0 Å². The highest BCUT2D eigenvalue weighted by Crippen LogP contribution is 2.26. The summed E-state index contributed by atoms with van der Waals surface area (Å²) in [6, 6.07) is 17.6. The van der Waals surface area contributed by atoms with Crippen molar-refractivity contribution in [1.82, 2.24) is 19.7 Å². The molecule has 0 radical (unpaired) electrons. The zero-order valence-electron chi connectivity index (χ0n) is 15.8. The van der Waals surface area contributed by atoms with Crippen LogP contribution in [0.15, 0.2) is 73.2 Å². The molecule has 1 amide bonds. The molecule has 29 heavy (non-hydrogen) atoms. The molecular formula is C22H19ClN4OS. The van der Waals surface area contributed by atoms with Gasteiger partial charge >= 0.3 is 0 Å². The minimum atomic E-state index is -0.0901. The van der Waals surface area contributed by atoms with E-state index in [-0.39, 0.29) is 5.91 Å². The summed E-state index contributed by atoms with van der Waals surface area (Å²) in [5.74, 6) is -0.0901. The van der Waals surface area contributed by atoms with Crippen molar-refractivity contribution in [3.05, 3.63) is 93.5 Å². The van der Waals surface area contributed by atoms with Gasteiger partial charge in [-0.3, -0.25) is 14.5 Å². The maximum Gasteiger partial charge on any atom is 0.257 e. The van der Waals surface area contributed by atoms with Crippen molar-refractivity contribution < 1.29 is 4.79 Å². The molecule has 1 aromatic carbocycles. The fourth-order valence-corrected chi connectivity index (χ4v) is 4.23. The molecule has 146 valence electrons. The molecule has 4 rings (SSSR count). The molecule has 0 bridgehead atoms. The quantitative estimate of drug-likeness (QED) is 0.440. The number of amides is 1. The normalized spacial score (nSPS) is 10.8. The number of aromatic nitrogens is 3. The molecule has 0 aliphatic rings. The number of pyridine rings is 1. The van der Waals surface area contributed by atoms with Crippen molar-refractivity contribution >= 4 is 28.8 Å². The lowest BCUT2D eigenvalue weighted by atomic mass is 10.1. The topological polar surface area (TPSA) is 51.0 Å². The van der Waals surface area contributed by atoms with Crippen LogP contribution in [0.25, 0.3) is 11.3 Å². The second kappa shape index (κ2) is 8.59. The van der Waals surface area contributed by atoms with Gasteiger partial charge in [-0.05, 0) is 29.8 Å². The van der Waals surface area contributed by atoms with Gasteiger partial charge < -0.3 is 4.90 Å². The van der Waals surface area contributed by atoms with E-state index in [1.165, 1.54) is 11.3 Å². The summed E-state index contributed by atoms with van der Waals surface area (Å²) in [5, 5.41) is 4.70. The highest BCUT2D eigenvalue weighted by atomic mass is 35.5. The summed E-state index contributed by atoms with van der Waals surface area (Å²) in [7, 11) is 1.79. The maximum absolute atomic E-state index is 13.2. The third kappa shape index (κ3) is 4.55. The fraction of sp³-hybridized carbons (Fsp3) is 0.136. The predicted molar refractivity (Wildman–Crippen MR) is 116 cm³/mol. The lowest BCUT2D eigenvalue weighted by Crippen LogP contribution is -2.26. The van der Waals surface area contributed by atoms with Crippen molar-refractivity contribution in [2.75, 3.05) is 7.05 Å². The zero-order chi connectivity index (χ0) is 20.2. The number of carbonyl (C=O) groups is 1. The van der Waals surface area contributed by atoms with Crippen LogP contribution in [0.2, 0.25) is 4.34 Å². The third-order valence-corrected chi connectivity index (χ3v) is 5.70. The van der Waals surface area contributed by atoms with Gasteiger partial charge in [0.25, 0.3) is 5.91 Å². The van der Waals surface area contributed by atoms with Gasteiger partial charge in [-0.25, -0.2) is 0 Å². The highest BCUT2D eigenvalue weighted by molar-refractivity contribution is 7.16. The number of halogens is 1. The SMILES string of the molecule is CN(Cc1ccc(Cl)s1)C(=O)c1cn(Cc2ccccc2)nc1-c1cccnc1. The Morgan fingerprint density at radius 3 is 2.66 bits per heavy atom. The Labute approximate surface area is 178 Å². The van der Waals surface area contributed by atoms with Crippen molar-refractivity contribution in [1.29, 1.82) is 0 Å². The van der Waals surface area contributed by atoms with Crippen molar-refractivity contribution in [3.8, 4) is 11.3 Å². The summed E-state index contributed by atoms with van der Waals surface area (Å²) in [6.45, 7) is 1.08. The number of rotatable bonds is 6. The van der Waals surface area contributed by atoms with E-state index in [0.29, 0.717) is 28.7 Å². The summed E-state index contributed by atoms with van der Waals surface area (Å²) in [4.78, 5) is 20.1. The molecule has 0 spiro atoms. The Morgan fingerprint density at radius 1 is 1.14 bits per heavy atom. The molecule has 0 fully saturated rings. The minimum absolute atomic E-state index is 0.0901. The van der Waals surface area contributed by atoms with E-state index in [2.05, 4.69) is 4.98 Å². The van der Waals surface area contributed by atoms with Crippen LogP contribution >= 0.6 is 22.9 Å². The standard InChI is InChI=1S/C22H19ClN4OS/c1-26(14-18-9-10-20(23)29-18)22(28)19-15-27(13-16-6-3-2-4-7-16)25-21(19)17-8-5-11-24-12-17/h2-12,15H,13-14H2,1H3. The molecule has 0 aliphatic heterocycles. The number of hydrogen-bond acceptors (Lipinski definition) is 4. The van der Waals surface area contributed by atoms with E-state index in [0.717, 1.165) is 16.0 Å². The van der Waals surface area contributed by atoms with Crippen LogP contribution in [0.3, 0.4) is 0 Å². The van der Waals surface area contributed by atoms with Crippen LogP contribution in [0.5, 0.6) is 0 Å². The van der Waals surface area contributed by atoms with Crippen LogP contribution in [0.1, 0.15) is 20.8 Å². The van der Waals surface area contributed by atoms with Gasteiger partial charge in [-0.1, -0.05) is 41.9 Å². The van der Waals surface area contributed by atoms with Crippen LogP contribution in [-0.2, 0) is 13.1 Å². The van der Waals surface area contributed by atoms with Crippen LogP contribution in [0.4, 0.5) is 0 Å². The molecule has 0 N–H and O–H groups in total. The third-order valence-electron chi connectivity index (χ3n) is 4.48. The summed E-state index contributed by atoms with van der Waals surface area (Å²) < 4.78 is 2.52. The van der Waals surface area contributed by atoms with Gasteiger partial charge in [-0.15, -0.1) is 11.3 Å². The van der Waals surface area contributed by atoms with Gasteiger partial charge in [0, 0.05) is 36.1 Å². The van der Waals surface area contributed by atoms with Crippen LogP contribution in [-0.4, -0.2) is 32.6 Å². The maximum atomic E-state index is 13.2. The summed E-state index contributed by atoms with van der Waals surface area (Å²) in [5.41, 5.74) is 3.12. The summed E-state index contributed by atoms with van der Waals surface area (Å²) >= 11 is 7.50. The number of thiophene rings is 1. The van der Waals surface area contributed by atoms with Gasteiger partial charge in [0.2, 0.25) is 0 Å². The molecular weight excluding hydrogens is 404 g/mol. The van der Waals surface area contributed by atoms with E-state index in [4.69, 9.17) is 16.7 Å². The average Bonchev–Trinajstić information content (AvgIpc) is 3.35. The Kier molecular flexibility index (Phi) is 5.74. The predicted octanol–water partition coefficient (Wildman–Crippen LogP) is 4.98. The first-order valence-corrected chi connectivity index (χ1v) is 10.3. The molecule has 0 atom stereocenters. The van der Waals surface area contributed by atoms with Gasteiger partial charge in [-0.2, -0.15) is 5.10 Å². The molecule has 0 saturated heterocycles. The molecule has 4 aromatic rings. The Bertz CT molecular complexity index is 1110. The van der Waals surface area contributed by atoms with Crippen LogP contribution in [0, 0.1) is 0 Å². The van der Waals surface area contributed by atoms with E-state index in [9.17, 15) is 4.79 Å². The number of benzene rings is 1. The zero-order valence-corrected chi connectivity index (χ0v) is 17.4. The first-order chi connectivity index (χ1) is 14.1. The van der Waals surface area contributed by atoms with Crippen molar-refractivity contribution in [3.63, 3.8) is 0 Å². The van der Waals surface area contributed by atoms with Gasteiger partial charge in [0.1, 0.15) is 5.69 Å². The second-order valence-electron chi connectivity index (χ2n) is 6.68. The van der Waals surface area contributed by atoms with Crippen molar-refractivity contribution in [2.45, 2.75) is 13.1 Å². The molecule has 3 heterocycles. The highest BCUT2D eigenvalue weighted by Gasteiger charge is 2.22. The Balaban J connectivity index is 1.65. The largest absolute Gasteiger partial charge is 0.336 e. The Hall–Kier alpha value is -2.96. The first-order valence-electron chi connectivity index (χ1n) is 9.11. The lowest BCUT2D eigenvalue weighted by molar-refractivity contribution is 0.0787. The molecule has 5 nitrogen and oxygen atoms in total. The lowest BCUT2D eigenvalue weighted by Gasteiger charge is -2.16. The van der Waals surface area contributed by atoms with Gasteiger partial charge in [0.15, 0.2) is 0 Å². The summed E-state index contributed by atoms with van der Waals surface area (Å²) in [6.07, 6.45) is 5.25. The molecule has 0 unspecified atom stereocenters. The van der Waals surface area contributed by atoms with E-state index in [1.807, 2.05) is 60.8 Å². The molecule has 0 aliphatic carbocycles. The number of hydrogen-bond donors (Lipinski definition) is 0. The van der Waals surface area contributed by atoms with E-state index >= 15 is 0 Å². The second-order valence-corrected chi connectivity index (χ2v) is 8.48. The molecule has 3 aromatic heterocycles. The smallest absolute Gasteiger partial charge is 0.257 e. The Morgan fingerprint density at radius 2 is 1.97 bits per heavy atom. The monoisotopic (exact) mass is 422 g/mol. The number of carbonyl (C=O) groups excluding carboxylic acids is 1. The fourth-order valence-electron chi connectivity index (χ4n) is 3.09. The number of nitrogens with zero attached hydrogens (tertiary/aromatic N) is 4. The molecule has 7 heteroatoms. The molecule has 0 saturated carbocycles. The minimum Gasteiger partial charge on any atom is -0.336 e. The van der Waals surface area contributed by atoms with E-state index in [1.54, 1.807) is 29.0 Å². The first kappa shape index (κ1) is 19.4. The average molecular weight is 423 g/mol. The van der Waals surface area contributed by atoms with Crippen LogP contribution < -0.4 is 0 Å². The van der Waals surface area contributed by atoms with Gasteiger partial charge in [0.05, 0.1) is 23.0 Å². The van der Waals surface area contributed by atoms with Crippen molar-refractivity contribution in [2.24, 2.45) is 0 Å².